The third kappa shape index (κ3) is 5.34. The number of rotatable bonds is 4. The number of hydrogen-bond acceptors (Lipinski definition) is 2. The second-order valence-corrected chi connectivity index (χ2v) is 6.05. The van der Waals surface area contributed by atoms with Gasteiger partial charge in [-0.05, 0) is 30.2 Å². The van der Waals surface area contributed by atoms with Crippen molar-refractivity contribution < 1.29 is 9.13 Å². The number of aliphatic imine (C=N–C) groups is 1. The molecule has 0 radical (unpaired) electrons. The number of nitrogens with one attached hydrogen (secondary N) is 1. The Bertz CT molecular complexity index is 516. The summed E-state index contributed by atoms with van der Waals surface area (Å²) in [4.78, 5) is 6.53. The first-order valence-electron chi connectivity index (χ1n) is 7.02. The minimum Gasteiger partial charge on any atom is -0.384 e. The van der Waals surface area contributed by atoms with Crippen LogP contribution in [0, 0.1) is 11.7 Å². The second kappa shape index (κ2) is 9.67. The Morgan fingerprint density at radius 3 is 3.00 bits per heavy atom. The van der Waals surface area contributed by atoms with Crippen molar-refractivity contribution in [3.05, 3.63) is 34.1 Å². The van der Waals surface area contributed by atoms with Crippen LogP contribution >= 0.6 is 39.9 Å². The molecule has 22 heavy (non-hydrogen) atoms. The van der Waals surface area contributed by atoms with Crippen LogP contribution in [0.25, 0.3) is 0 Å². The van der Waals surface area contributed by atoms with Gasteiger partial charge in [0.15, 0.2) is 5.96 Å². The fraction of sp³-hybridized carbons (Fsp3) is 0.533. The van der Waals surface area contributed by atoms with Gasteiger partial charge in [0.1, 0.15) is 5.82 Å². The minimum absolute atomic E-state index is 0. The van der Waals surface area contributed by atoms with Crippen molar-refractivity contribution in [2.24, 2.45) is 10.9 Å². The largest absolute Gasteiger partial charge is 0.384 e. The van der Waals surface area contributed by atoms with Crippen molar-refractivity contribution in [3.63, 3.8) is 0 Å². The van der Waals surface area contributed by atoms with Gasteiger partial charge in [0.05, 0.1) is 6.61 Å². The molecule has 1 aromatic rings. The van der Waals surface area contributed by atoms with E-state index in [1.54, 1.807) is 20.2 Å². The fourth-order valence-corrected chi connectivity index (χ4v) is 2.97. The van der Waals surface area contributed by atoms with Gasteiger partial charge < -0.3 is 15.0 Å². The zero-order valence-corrected chi connectivity index (χ0v) is 16.7. The molecule has 7 heteroatoms. The van der Waals surface area contributed by atoms with Gasteiger partial charge in [0, 0.05) is 44.2 Å². The zero-order valence-electron chi connectivity index (χ0n) is 12.8. The van der Waals surface area contributed by atoms with Crippen LogP contribution in [0.2, 0.25) is 0 Å². The van der Waals surface area contributed by atoms with Crippen LogP contribution in [0.15, 0.2) is 27.7 Å². The van der Waals surface area contributed by atoms with Gasteiger partial charge in [-0.1, -0.05) is 15.9 Å². The molecule has 0 aliphatic carbocycles. The van der Waals surface area contributed by atoms with Gasteiger partial charge in [-0.3, -0.25) is 4.99 Å². The molecule has 1 N–H and O–H groups in total. The zero-order chi connectivity index (χ0) is 15.2. The fourth-order valence-electron chi connectivity index (χ4n) is 2.58. The van der Waals surface area contributed by atoms with E-state index in [2.05, 4.69) is 31.1 Å². The summed E-state index contributed by atoms with van der Waals surface area (Å²) in [5, 5.41) is 3.30. The summed E-state index contributed by atoms with van der Waals surface area (Å²) in [6, 6.07) is 4.69. The number of nitrogens with zero attached hydrogens (tertiary/aromatic N) is 2. The first kappa shape index (κ1) is 19.6. The molecule has 0 aromatic heterocycles. The van der Waals surface area contributed by atoms with E-state index in [-0.39, 0.29) is 29.8 Å². The highest BCUT2D eigenvalue weighted by atomic mass is 127. The highest BCUT2D eigenvalue weighted by Crippen LogP contribution is 2.19. The van der Waals surface area contributed by atoms with E-state index in [4.69, 9.17) is 4.74 Å². The highest BCUT2D eigenvalue weighted by molar-refractivity contribution is 14.0. The molecule has 0 bridgehead atoms. The smallest absolute Gasteiger partial charge is 0.193 e. The van der Waals surface area contributed by atoms with Crippen LogP contribution < -0.4 is 5.32 Å². The van der Waals surface area contributed by atoms with Crippen LogP contribution in [-0.2, 0) is 11.3 Å². The average Bonchev–Trinajstić information content (AvgIpc) is 2.92. The summed E-state index contributed by atoms with van der Waals surface area (Å²) in [5.41, 5.74) is 0.879. The molecule has 1 aliphatic rings. The topological polar surface area (TPSA) is 36.9 Å². The third-order valence-electron chi connectivity index (χ3n) is 3.64. The average molecular weight is 486 g/mol. The van der Waals surface area contributed by atoms with Gasteiger partial charge in [0.2, 0.25) is 0 Å². The number of guanidine groups is 1. The maximum atomic E-state index is 13.3. The SMILES string of the molecule is CN=C(NCc1cc(F)ccc1Br)N1CCC(COC)C1.I. The summed E-state index contributed by atoms with van der Waals surface area (Å²) < 4.78 is 19.4. The molecular formula is C15H22BrFIN3O. The standard InChI is InChI=1S/C15H21BrFN3O.HI/c1-18-15(20-6-5-11(9-20)10-21-2)19-8-12-7-13(17)3-4-14(12)16;/h3-4,7,11H,5-6,8-10H2,1-2H3,(H,18,19);1H. The predicted octanol–water partition coefficient (Wildman–Crippen LogP) is 3.25. The normalized spacial score (nSPS) is 18.3. The number of likely N-dealkylation sites (tertiary alicyclic amines) is 1. The molecule has 1 fully saturated rings. The number of benzene rings is 1. The van der Waals surface area contributed by atoms with E-state index in [9.17, 15) is 4.39 Å². The van der Waals surface area contributed by atoms with Gasteiger partial charge in [0.25, 0.3) is 0 Å². The van der Waals surface area contributed by atoms with Crippen LogP contribution in [0.5, 0.6) is 0 Å². The molecule has 1 atom stereocenters. The summed E-state index contributed by atoms with van der Waals surface area (Å²) in [6.45, 7) is 3.23. The van der Waals surface area contributed by atoms with Crippen molar-refractivity contribution in [1.82, 2.24) is 10.2 Å². The van der Waals surface area contributed by atoms with Gasteiger partial charge >= 0.3 is 0 Å². The lowest BCUT2D eigenvalue weighted by molar-refractivity contribution is 0.157. The third-order valence-corrected chi connectivity index (χ3v) is 4.42. The Labute approximate surface area is 156 Å². The van der Waals surface area contributed by atoms with Crippen molar-refractivity contribution in [2.45, 2.75) is 13.0 Å². The van der Waals surface area contributed by atoms with E-state index in [0.29, 0.717) is 12.5 Å². The Balaban J connectivity index is 0.00000242. The van der Waals surface area contributed by atoms with Crippen molar-refractivity contribution in [2.75, 3.05) is 33.9 Å². The molecule has 1 unspecified atom stereocenters. The van der Waals surface area contributed by atoms with Crippen molar-refractivity contribution in [3.8, 4) is 0 Å². The summed E-state index contributed by atoms with van der Waals surface area (Å²) in [7, 11) is 3.50. The van der Waals surface area contributed by atoms with Crippen LogP contribution in [0.3, 0.4) is 0 Å². The van der Waals surface area contributed by atoms with Crippen LogP contribution in [0.1, 0.15) is 12.0 Å². The quantitative estimate of drug-likeness (QED) is 0.404. The number of ether oxygens (including phenoxy) is 1. The van der Waals surface area contributed by atoms with Crippen LogP contribution in [0.4, 0.5) is 4.39 Å². The monoisotopic (exact) mass is 485 g/mol. The maximum absolute atomic E-state index is 13.3. The summed E-state index contributed by atoms with van der Waals surface area (Å²) in [5.74, 6) is 1.17. The molecule has 1 heterocycles. The molecule has 1 saturated heterocycles. The van der Waals surface area contributed by atoms with E-state index in [1.807, 2.05) is 0 Å². The summed E-state index contributed by atoms with van der Waals surface area (Å²) >= 11 is 3.44. The number of methoxy groups -OCH3 is 1. The number of hydrogen-bond donors (Lipinski definition) is 1. The molecule has 0 amide bonds. The molecule has 1 aliphatic heterocycles. The Hall–Kier alpha value is -0.410. The Morgan fingerprint density at radius 1 is 1.55 bits per heavy atom. The first-order valence-corrected chi connectivity index (χ1v) is 7.81. The van der Waals surface area contributed by atoms with Crippen molar-refractivity contribution >= 4 is 45.9 Å². The predicted molar refractivity (Wildman–Crippen MR) is 101 cm³/mol. The van der Waals surface area contributed by atoms with E-state index < -0.39 is 0 Å². The van der Waals surface area contributed by atoms with Gasteiger partial charge in [-0.25, -0.2) is 4.39 Å². The van der Waals surface area contributed by atoms with E-state index in [1.165, 1.54) is 12.1 Å². The first-order chi connectivity index (χ1) is 10.1. The lowest BCUT2D eigenvalue weighted by Gasteiger charge is -2.22. The van der Waals surface area contributed by atoms with E-state index in [0.717, 1.165) is 42.1 Å². The summed E-state index contributed by atoms with van der Waals surface area (Å²) in [6.07, 6.45) is 1.11. The Morgan fingerprint density at radius 2 is 2.32 bits per heavy atom. The molecule has 2 rings (SSSR count). The van der Waals surface area contributed by atoms with Gasteiger partial charge in [-0.15, -0.1) is 24.0 Å². The van der Waals surface area contributed by atoms with E-state index >= 15 is 0 Å². The molecule has 0 spiro atoms. The highest BCUT2D eigenvalue weighted by Gasteiger charge is 2.24. The molecule has 0 saturated carbocycles. The molecule has 4 nitrogen and oxygen atoms in total. The van der Waals surface area contributed by atoms with Gasteiger partial charge in [-0.2, -0.15) is 0 Å². The minimum atomic E-state index is -0.230. The van der Waals surface area contributed by atoms with Crippen molar-refractivity contribution in [1.29, 1.82) is 0 Å². The second-order valence-electron chi connectivity index (χ2n) is 5.19. The molecule has 124 valence electrons. The molecule has 1 aromatic carbocycles. The molecular weight excluding hydrogens is 464 g/mol. The number of halogens is 3. The maximum Gasteiger partial charge on any atom is 0.193 e. The lowest BCUT2D eigenvalue weighted by Crippen LogP contribution is -2.39. The van der Waals surface area contributed by atoms with Crippen LogP contribution in [-0.4, -0.2) is 44.7 Å². The lowest BCUT2D eigenvalue weighted by atomic mass is 10.1. The Kier molecular flexibility index (Phi) is 8.63.